The van der Waals surface area contributed by atoms with E-state index in [1.165, 1.54) is 36.3 Å². The van der Waals surface area contributed by atoms with Crippen LogP contribution in [0.15, 0.2) is 63.9 Å². The summed E-state index contributed by atoms with van der Waals surface area (Å²) in [5.41, 5.74) is -1.07. The Morgan fingerprint density at radius 2 is 1.93 bits per heavy atom. The van der Waals surface area contributed by atoms with Crippen LogP contribution < -0.4 is 0 Å². The molecular weight excluding hydrogens is 375 g/mol. The van der Waals surface area contributed by atoms with E-state index >= 15 is 0 Å². The molecule has 1 amide bonds. The zero-order valence-corrected chi connectivity index (χ0v) is 15.0. The van der Waals surface area contributed by atoms with Crippen LogP contribution in [0.2, 0.25) is 0 Å². The summed E-state index contributed by atoms with van der Waals surface area (Å²) in [5.74, 6) is -0.941. The van der Waals surface area contributed by atoms with E-state index in [1.54, 1.807) is 12.1 Å². The van der Waals surface area contributed by atoms with Gasteiger partial charge in [-0.15, -0.1) is 0 Å². The van der Waals surface area contributed by atoms with Crippen molar-refractivity contribution in [3.63, 3.8) is 0 Å². The Bertz CT molecular complexity index is 972. The summed E-state index contributed by atoms with van der Waals surface area (Å²) >= 11 is 0. The number of allylic oxidation sites excluding steroid dienone is 1. The van der Waals surface area contributed by atoms with Crippen molar-refractivity contribution >= 4 is 18.0 Å². The molecule has 2 aromatic rings. The van der Waals surface area contributed by atoms with Gasteiger partial charge < -0.3 is 14.1 Å². The zero-order valence-electron chi connectivity index (χ0n) is 15.0. The highest BCUT2D eigenvalue weighted by atomic mass is 19.4. The van der Waals surface area contributed by atoms with E-state index in [0.717, 1.165) is 19.3 Å². The third kappa shape index (κ3) is 3.58. The maximum atomic E-state index is 13.3. The van der Waals surface area contributed by atoms with Gasteiger partial charge in [0.25, 0.3) is 5.91 Å². The van der Waals surface area contributed by atoms with Crippen molar-refractivity contribution in [3.8, 4) is 0 Å². The van der Waals surface area contributed by atoms with Gasteiger partial charge in [-0.3, -0.25) is 4.79 Å². The molecule has 1 aliphatic rings. The maximum Gasteiger partial charge on any atom is 0.416 e. The first-order valence-corrected chi connectivity index (χ1v) is 8.25. The van der Waals surface area contributed by atoms with E-state index in [-0.39, 0.29) is 29.0 Å². The Morgan fingerprint density at radius 3 is 2.54 bits per heavy atom. The molecule has 146 valence electrons. The second-order valence-corrected chi connectivity index (χ2v) is 6.07. The van der Waals surface area contributed by atoms with Crippen LogP contribution in [0.4, 0.5) is 13.2 Å². The molecule has 0 unspecified atom stereocenters. The van der Waals surface area contributed by atoms with Crippen LogP contribution in [0, 0.1) is 0 Å². The van der Waals surface area contributed by atoms with Gasteiger partial charge in [0.2, 0.25) is 0 Å². The molecule has 2 heterocycles. The van der Waals surface area contributed by atoms with E-state index in [4.69, 9.17) is 9.15 Å². The molecule has 0 atom stereocenters. The molecule has 0 saturated heterocycles. The number of carbonyl (C=O) groups excluding carboxylic acids is 2. The molecule has 0 fully saturated rings. The molecule has 0 spiro atoms. The number of esters is 1. The van der Waals surface area contributed by atoms with E-state index in [9.17, 15) is 22.8 Å². The average molecular weight is 391 g/mol. The van der Waals surface area contributed by atoms with Crippen molar-refractivity contribution in [1.29, 1.82) is 0 Å². The summed E-state index contributed by atoms with van der Waals surface area (Å²) < 4.78 is 49.9. The first-order chi connectivity index (χ1) is 13.2. The summed E-state index contributed by atoms with van der Waals surface area (Å²) in [6, 6.07) is 8.14. The Morgan fingerprint density at radius 1 is 1.21 bits per heavy atom. The monoisotopic (exact) mass is 391 g/mol. The van der Waals surface area contributed by atoms with Gasteiger partial charge >= 0.3 is 12.1 Å². The molecule has 3 rings (SSSR count). The van der Waals surface area contributed by atoms with Crippen LogP contribution in [0.25, 0.3) is 6.08 Å². The van der Waals surface area contributed by atoms with Crippen molar-refractivity contribution in [2.45, 2.75) is 19.6 Å². The Labute approximate surface area is 158 Å². The van der Waals surface area contributed by atoms with Crippen LogP contribution in [-0.2, 0) is 27.0 Å². The molecule has 0 saturated carbocycles. The highest BCUT2D eigenvalue weighted by Gasteiger charge is 2.38. The zero-order chi connectivity index (χ0) is 20.5. The maximum absolute atomic E-state index is 13.3. The largest absolute Gasteiger partial charge is 0.467 e. The normalized spacial score (nSPS) is 16.2. The summed E-state index contributed by atoms with van der Waals surface area (Å²) in [4.78, 5) is 26.4. The number of nitrogens with zero attached hydrogens (tertiary/aromatic N) is 1. The number of ether oxygens (including phenoxy) is 1. The number of halogens is 3. The number of hydrogen-bond acceptors (Lipinski definition) is 4. The van der Waals surface area contributed by atoms with Gasteiger partial charge in [0, 0.05) is 5.70 Å². The van der Waals surface area contributed by atoms with E-state index in [2.05, 4.69) is 0 Å². The summed E-state index contributed by atoms with van der Waals surface area (Å²) in [6.45, 7) is 1.57. The first kappa shape index (κ1) is 19.5. The van der Waals surface area contributed by atoms with Crippen molar-refractivity contribution in [3.05, 3.63) is 76.4 Å². The van der Waals surface area contributed by atoms with E-state index in [0.29, 0.717) is 5.76 Å². The van der Waals surface area contributed by atoms with Gasteiger partial charge in [0.1, 0.15) is 5.76 Å². The lowest BCUT2D eigenvalue weighted by Gasteiger charge is -2.16. The van der Waals surface area contributed by atoms with Crippen LogP contribution >= 0.6 is 0 Å². The summed E-state index contributed by atoms with van der Waals surface area (Å²) in [6.07, 6.45) is -2.09. The topological polar surface area (TPSA) is 59.8 Å². The molecular formula is C20H16F3NO4. The van der Waals surface area contributed by atoms with Crippen molar-refractivity contribution < 1.29 is 31.9 Å². The Balaban J connectivity index is 2.11. The third-order valence-electron chi connectivity index (χ3n) is 4.36. The van der Waals surface area contributed by atoms with Crippen molar-refractivity contribution in [2.24, 2.45) is 0 Å². The predicted molar refractivity (Wildman–Crippen MR) is 93.4 cm³/mol. The fourth-order valence-corrected chi connectivity index (χ4v) is 3.01. The lowest BCUT2D eigenvalue weighted by molar-refractivity contribution is -0.138. The number of benzene rings is 1. The molecule has 28 heavy (non-hydrogen) atoms. The number of rotatable bonds is 4. The molecule has 1 aliphatic heterocycles. The van der Waals surface area contributed by atoms with Crippen molar-refractivity contribution in [2.75, 3.05) is 7.11 Å². The Hall–Kier alpha value is -3.29. The molecule has 0 bridgehead atoms. The molecule has 1 aromatic heterocycles. The third-order valence-corrected chi connectivity index (χ3v) is 4.36. The van der Waals surface area contributed by atoms with Gasteiger partial charge in [-0.05, 0) is 36.8 Å². The Kier molecular flexibility index (Phi) is 5.13. The lowest BCUT2D eigenvalue weighted by Crippen LogP contribution is -2.24. The fraction of sp³-hybridized carbons (Fsp3) is 0.200. The number of furan rings is 1. The van der Waals surface area contributed by atoms with Gasteiger partial charge in [-0.25, -0.2) is 4.79 Å². The number of amides is 1. The number of methoxy groups -OCH3 is 1. The number of alkyl halides is 3. The van der Waals surface area contributed by atoms with Gasteiger partial charge in [0.15, 0.2) is 0 Å². The van der Waals surface area contributed by atoms with Gasteiger partial charge in [-0.2, -0.15) is 13.2 Å². The van der Waals surface area contributed by atoms with Crippen molar-refractivity contribution in [1.82, 2.24) is 4.90 Å². The average Bonchev–Trinajstić information content (AvgIpc) is 3.24. The van der Waals surface area contributed by atoms with E-state index < -0.39 is 23.6 Å². The minimum absolute atomic E-state index is 0.0381. The second kappa shape index (κ2) is 7.38. The van der Waals surface area contributed by atoms with Crippen LogP contribution in [0.3, 0.4) is 0 Å². The molecule has 0 radical (unpaired) electrons. The lowest BCUT2D eigenvalue weighted by atomic mass is 10.00. The molecule has 0 aliphatic carbocycles. The van der Waals surface area contributed by atoms with Crippen LogP contribution in [0.1, 0.15) is 23.8 Å². The van der Waals surface area contributed by atoms with Gasteiger partial charge in [-0.1, -0.05) is 18.2 Å². The standard InChI is InChI=1S/C20H16F3NO4/c1-12-17(19(26)27-2)15(18(25)24(12)11-14-7-5-9-28-14)10-13-6-3-4-8-16(13)20(21,22)23/h3-10H,11H2,1-2H3/b15-10+. The van der Waals surface area contributed by atoms with Crippen LogP contribution in [0.5, 0.6) is 0 Å². The molecule has 0 N–H and O–H groups in total. The van der Waals surface area contributed by atoms with Gasteiger partial charge in [0.05, 0.1) is 36.6 Å². The highest BCUT2D eigenvalue weighted by Crippen LogP contribution is 2.36. The predicted octanol–water partition coefficient (Wildman–Crippen LogP) is 4.17. The van der Waals surface area contributed by atoms with E-state index in [1.807, 2.05) is 0 Å². The summed E-state index contributed by atoms with van der Waals surface area (Å²) in [5, 5.41) is 0. The number of carbonyl (C=O) groups is 2. The summed E-state index contributed by atoms with van der Waals surface area (Å²) in [7, 11) is 1.14. The fourth-order valence-electron chi connectivity index (χ4n) is 3.01. The minimum Gasteiger partial charge on any atom is -0.467 e. The quantitative estimate of drug-likeness (QED) is 0.580. The molecule has 1 aromatic carbocycles. The van der Waals surface area contributed by atoms with Crippen LogP contribution in [-0.4, -0.2) is 23.9 Å². The smallest absolute Gasteiger partial charge is 0.416 e. The number of hydrogen-bond donors (Lipinski definition) is 0. The molecule has 5 nitrogen and oxygen atoms in total. The minimum atomic E-state index is -4.60. The second-order valence-electron chi connectivity index (χ2n) is 6.07. The SMILES string of the molecule is COC(=O)C1=C(C)N(Cc2ccco2)C(=O)/C1=C/c1ccccc1C(F)(F)F. The molecule has 8 heteroatoms. The highest BCUT2D eigenvalue weighted by molar-refractivity contribution is 6.16. The first-order valence-electron chi connectivity index (χ1n) is 8.25.